The summed E-state index contributed by atoms with van der Waals surface area (Å²) < 4.78 is 1.15. The van der Waals surface area contributed by atoms with Crippen molar-refractivity contribution in [2.45, 2.75) is 12.8 Å². The summed E-state index contributed by atoms with van der Waals surface area (Å²) in [6, 6.07) is 5.90. The standard InChI is InChI=1S/C12H15IN4/c13-10-8-9(14)3-4-11(10)15-5-1-2-12-16-6-7-17-12/h3-4,6-8,15H,1-2,5,14H2,(H,16,17). The Labute approximate surface area is 114 Å². The van der Waals surface area contributed by atoms with Gasteiger partial charge in [-0.2, -0.15) is 0 Å². The van der Waals surface area contributed by atoms with Crippen LogP contribution in [0.5, 0.6) is 0 Å². The van der Waals surface area contributed by atoms with Crippen LogP contribution in [0.15, 0.2) is 30.6 Å². The van der Waals surface area contributed by atoms with E-state index < -0.39 is 0 Å². The topological polar surface area (TPSA) is 66.7 Å². The Balaban J connectivity index is 1.78. The van der Waals surface area contributed by atoms with Gasteiger partial charge in [-0.1, -0.05) is 0 Å². The van der Waals surface area contributed by atoms with Crippen LogP contribution in [0.1, 0.15) is 12.2 Å². The van der Waals surface area contributed by atoms with Gasteiger partial charge in [-0.15, -0.1) is 0 Å². The normalized spacial score (nSPS) is 10.4. The second-order valence-electron chi connectivity index (χ2n) is 3.81. The van der Waals surface area contributed by atoms with Crippen LogP contribution in [0.3, 0.4) is 0 Å². The van der Waals surface area contributed by atoms with Crippen LogP contribution in [0.25, 0.3) is 0 Å². The molecule has 1 aromatic heterocycles. The van der Waals surface area contributed by atoms with Crippen molar-refractivity contribution in [3.63, 3.8) is 0 Å². The third-order valence-electron chi connectivity index (χ3n) is 2.45. The summed E-state index contributed by atoms with van der Waals surface area (Å²) >= 11 is 2.29. The number of nitrogen functional groups attached to an aromatic ring is 1. The van der Waals surface area contributed by atoms with E-state index in [-0.39, 0.29) is 0 Å². The molecule has 5 heteroatoms. The minimum Gasteiger partial charge on any atom is -0.399 e. The number of H-pyrrole nitrogens is 1. The molecule has 17 heavy (non-hydrogen) atoms. The Bertz CT molecular complexity index is 467. The molecule has 0 aliphatic heterocycles. The number of imidazole rings is 1. The van der Waals surface area contributed by atoms with E-state index in [2.05, 4.69) is 37.9 Å². The SMILES string of the molecule is Nc1ccc(NCCCc2ncc[nH]2)c(I)c1. The average molecular weight is 342 g/mol. The predicted octanol–water partition coefficient (Wildman–Crippen LogP) is 2.64. The number of rotatable bonds is 5. The third-order valence-corrected chi connectivity index (χ3v) is 3.35. The van der Waals surface area contributed by atoms with Gasteiger partial charge >= 0.3 is 0 Å². The van der Waals surface area contributed by atoms with E-state index in [0.717, 1.165) is 40.2 Å². The molecule has 2 rings (SSSR count). The zero-order chi connectivity index (χ0) is 12.1. The monoisotopic (exact) mass is 342 g/mol. The van der Waals surface area contributed by atoms with E-state index in [1.54, 1.807) is 6.20 Å². The highest BCUT2D eigenvalue weighted by molar-refractivity contribution is 14.1. The molecule has 0 radical (unpaired) electrons. The molecule has 1 heterocycles. The summed E-state index contributed by atoms with van der Waals surface area (Å²) in [5, 5.41) is 3.40. The lowest BCUT2D eigenvalue weighted by molar-refractivity contribution is 0.816. The Morgan fingerprint density at radius 1 is 1.41 bits per heavy atom. The minimum absolute atomic E-state index is 0.801. The highest BCUT2D eigenvalue weighted by Crippen LogP contribution is 2.20. The highest BCUT2D eigenvalue weighted by Gasteiger charge is 1.99. The van der Waals surface area contributed by atoms with Gasteiger partial charge in [0.1, 0.15) is 5.82 Å². The first-order valence-electron chi connectivity index (χ1n) is 5.53. The third kappa shape index (κ3) is 3.62. The fourth-order valence-electron chi connectivity index (χ4n) is 1.59. The molecular formula is C12H15IN4. The molecule has 0 aliphatic carbocycles. The molecular weight excluding hydrogens is 327 g/mol. The number of aromatic nitrogens is 2. The van der Waals surface area contributed by atoms with Crippen molar-refractivity contribution >= 4 is 34.0 Å². The summed E-state index contributed by atoms with van der Waals surface area (Å²) in [4.78, 5) is 7.29. The van der Waals surface area contributed by atoms with E-state index in [9.17, 15) is 0 Å². The number of nitrogens with one attached hydrogen (secondary N) is 2. The molecule has 0 saturated carbocycles. The van der Waals surface area contributed by atoms with Crippen molar-refractivity contribution in [1.29, 1.82) is 0 Å². The summed E-state index contributed by atoms with van der Waals surface area (Å²) in [7, 11) is 0. The van der Waals surface area contributed by atoms with E-state index in [1.807, 2.05) is 24.4 Å². The number of anilines is 2. The first-order chi connectivity index (χ1) is 8.25. The van der Waals surface area contributed by atoms with Crippen LogP contribution in [0.2, 0.25) is 0 Å². The maximum absolute atomic E-state index is 5.70. The van der Waals surface area contributed by atoms with Crippen LogP contribution < -0.4 is 11.1 Å². The van der Waals surface area contributed by atoms with E-state index in [0.29, 0.717) is 0 Å². The van der Waals surface area contributed by atoms with Crippen LogP contribution in [-0.4, -0.2) is 16.5 Å². The molecule has 4 nitrogen and oxygen atoms in total. The fourth-order valence-corrected chi connectivity index (χ4v) is 2.32. The lowest BCUT2D eigenvalue weighted by Gasteiger charge is -2.08. The van der Waals surface area contributed by atoms with E-state index in [1.165, 1.54) is 0 Å². The molecule has 0 spiro atoms. The van der Waals surface area contributed by atoms with Crippen molar-refractivity contribution in [2.24, 2.45) is 0 Å². The molecule has 0 aliphatic rings. The van der Waals surface area contributed by atoms with E-state index >= 15 is 0 Å². The number of halogens is 1. The lowest BCUT2D eigenvalue weighted by Crippen LogP contribution is -2.05. The van der Waals surface area contributed by atoms with Crippen LogP contribution in [0.4, 0.5) is 11.4 Å². The van der Waals surface area contributed by atoms with Crippen molar-refractivity contribution in [3.05, 3.63) is 40.0 Å². The Morgan fingerprint density at radius 3 is 3.00 bits per heavy atom. The van der Waals surface area contributed by atoms with Gasteiger partial charge in [0.15, 0.2) is 0 Å². The Hall–Kier alpha value is -1.24. The predicted molar refractivity (Wildman–Crippen MR) is 79.0 cm³/mol. The molecule has 0 saturated heterocycles. The van der Waals surface area contributed by atoms with Crippen molar-refractivity contribution < 1.29 is 0 Å². The number of hydrogen-bond acceptors (Lipinski definition) is 3. The average Bonchev–Trinajstić information content (AvgIpc) is 2.79. The molecule has 0 atom stereocenters. The zero-order valence-corrected chi connectivity index (χ0v) is 11.6. The molecule has 0 bridgehead atoms. The van der Waals surface area contributed by atoms with Gasteiger partial charge in [0.05, 0.1) is 0 Å². The van der Waals surface area contributed by atoms with Crippen molar-refractivity contribution in [2.75, 3.05) is 17.6 Å². The van der Waals surface area contributed by atoms with Gasteiger partial charge in [-0.3, -0.25) is 0 Å². The number of aromatic amines is 1. The van der Waals surface area contributed by atoms with Gasteiger partial charge in [0.25, 0.3) is 0 Å². The first-order valence-corrected chi connectivity index (χ1v) is 6.61. The lowest BCUT2D eigenvalue weighted by atomic mass is 10.2. The first kappa shape index (κ1) is 12.2. The quantitative estimate of drug-likeness (QED) is 0.445. The van der Waals surface area contributed by atoms with Gasteiger partial charge in [0, 0.05) is 40.3 Å². The fraction of sp³-hybridized carbons (Fsp3) is 0.250. The van der Waals surface area contributed by atoms with Gasteiger partial charge in [-0.25, -0.2) is 4.98 Å². The zero-order valence-electron chi connectivity index (χ0n) is 9.41. The second kappa shape index (κ2) is 5.90. The highest BCUT2D eigenvalue weighted by atomic mass is 127. The van der Waals surface area contributed by atoms with Crippen LogP contribution in [-0.2, 0) is 6.42 Å². The molecule has 0 unspecified atom stereocenters. The number of benzene rings is 1. The summed E-state index contributed by atoms with van der Waals surface area (Å²) in [6.45, 7) is 0.931. The summed E-state index contributed by atoms with van der Waals surface area (Å²) in [6.07, 6.45) is 5.65. The second-order valence-corrected chi connectivity index (χ2v) is 4.97. The Morgan fingerprint density at radius 2 is 2.29 bits per heavy atom. The number of hydrogen-bond donors (Lipinski definition) is 3. The molecule has 1 aromatic carbocycles. The van der Waals surface area contributed by atoms with Crippen LogP contribution in [0, 0.1) is 3.57 Å². The number of nitrogens with two attached hydrogens (primary N) is 1. The van der Waals surface area contributed by atoms with Crippen LogP contribution >= 0.6 is 22.6 Å². The molecule has 0 fully saturated rings. The maximum Gasteiger partial charge on any atom is 0.106 e. The molecule has 90 valence electrons. The molecule has 2 aromatic rings. The summed E-state index contributed by atoms with van der Waals surface area (Å²) in [5.41, 5.74) is 7.64. The largest absolute Gasteiger partial charge is 0.399 e. The van der Waals surface area contributed by atoms with Crippen molar-refractivity contribution in [1.82, 2.24) is 9.97 Å². The minimum atomic E-state index is 0.801. The van der Waals surface area contributed by atoms with Crippen molar-refractivity contribution in [3.8, 4) is 0 Å². The van der Waals surface area contributed by atoms with Gasteiger partial charge < -0.3 is 16.0 Å². The van der Waals surface area contributed by atoms with Gasteiger partial charge in [0.2, 0.25) is 0 Å². The molecule has 0 amide bonds. The summed E-state index contributed by atoms with van der Waals surface area (Å²) in [5.74, 6) is 1.04. The molecule has 4 N–H and O–H groups in total. The number of aryl methyl sites for hydroxylation is 1. The van der Waals surface area contributed by atoms with E-state index in [4.69, 9.17) is 5.73 Å². The van der Waals surface area contributed by atoms with Gasteiger partial charge in [-0.05, 0) is 47.2 Å². The smallest absolute Gasteiger partial charge is 0.106 e. The Kier molecular flexibility index (Phi) is 4.24. The maximum atomic E-state index is 5.70. The number of nitrogens with zero attached hydrogens (tertiary/aromatic N) is 1.